The van der Waals surface area contributed by atoms with Crippen molar-refractivity contribution in [3.05, 3.63) is 71.5 Å². The van der Waals surface area contributed by atoms with E-state index in [1.165, 1.54) is 6.07 Å². The van der Waals surface area contributed by atoms with Gasteiger partial charge in [0.25, 0.3) is 10.0 Å². The first-order valence-corrected chi connectivity index (χ1v) is 9.86. The largest absolute Gasteiger partial charge is 0.280 e. The molecule has 0 aliphatic heterocycles. The van der Waals surface area contributed by atoms with Crippen LogP contribution in [0.1, 0.15) is 5.82 Å². The first-order valence-electron chi connectivity index (χ1n) is 8.00. The molecule has 136 valence electrons. The zero-order valence-corrected chi connectivity index (χ0v) is 15.7. The summed E-state index contributed by atoms with van der Waals surface area (Å²) in [6.07, 6.45) is 0. The summed E-state index contributed by atoms with van der Waals surface area (Å²) in [7, 11) is -3.75. The second-order valence-electron chi connectivity index (χ2n) is 5.88. The Kier molecular flexibility index (Phi) is 4.29. The van der Waals surface area contributed by atoms with E-state index in [1.807, 2.05) is 0 Å². The predicted octanol–water partition coefficient (Wildman–Crippen LogP) is 3.55. The summed E-state index contributed by atoms with van der Waals surface area (Å²) in [5.41, 5.74) is 2.35. The molecule has 9 heteroatoms. The van der Waals surface area contributed by atoms with E-state index in [0.29, 0.717) is 33.4 Å². The van der Waals surface area contributed by atoms with Crippen LogP contribution in [-0.2, 0) is 10.0 Å². The smallest absolute Gasteiger partial charge is 0.261 e. The molecular formula is C18H14ClN5O2S. The highest BCUT2D eigenvalue weighted by Crippen LogP contribution is 2.23. The molecule has 0 saturated carbocycles. The summed E-state index contributed by atoms with van der Waals surface area (Å²) < 4.78 is 29.6. The first kappa shape index (κ1) is 17.4. The molecule has 2 aromatic carbocycles. The highest BCUT2D eigenvalue weighted by Gasteiger charge is 2.16. The Morgan fingerprint density at radius 3 is 2.56 bits per heavy atom. The van der Waals surface area contributed by atoms with Gasteiger partial charge in [-0.1, -0.05) is 23.7 Å². The van der Waals surface area contributed by atoms with Crippen LogP contribution in [0.2, 0.25) is 5.02 Å². The third-order valence-electron chi connectivity index (χ3n) is 3.96. The molecule has 0 saturated heterocycles. The highest BCUT2D eigenvalue weighted by molar-refractivity contribution is 7.92. The van der Waals surface area contributed by atoms with Gasteiger partial charge in [-0.05, 0) is 55.5 Å². The molecule has 0 amide bonds. The van der Waals surface area contributed by atoms with Crippen molar-refractivity contribution in [1.29, 1.82) is 0 Å². The van der Waals surface area contributed by atoms with Crippen molar-refractivity contribution < 1.29 is 8.42 Å². The molecular weight excluding hydrogens is 386 g/mol. The lowest BCUT2D eigenvalue weighted by Gasteiger charge is -2.09. The van der Waals surface area contributed by atoms with E-state index in [9.17, 15) is 8.42 Å². The molecule has 4 aromatic rings. The van der Waals surface area contributed by atoms with E-state index >= 15 is 0 Å². The third-order valence-corrected chi connectivity index (χ3v) is 5.59. The number of sulfonamides is 1. The SMILES string of the molecule is Cc1nnc2ccc(-c3cccc(S(=O)(=O)Nc4ccc(Cl)cc4)c3)nn12. The van der Waals surface area contributed by atoms with E-state index in [-0.39, 0.29) is 4.90 Å². The maximum absolute atomic E-state index is 12.7. The van der Waals surface area contributed by atoms with E-state index in [4.69, 9.17) is 11.6 Å². The number of hydrogen-bond donors (Lipinski definition) is 1. The van der Waals surface area contributed by atoms with Gasteiger partial charge in [0, 0.05) is 16.3 Å². The minimum absolute atomic E-state index is 0.136. The Hall–Kier alpha value is -2.97. The average Bonchev–Trinajstić information content (AvgIpc) is 3.04. The lowest BCUT2D eigenvalue weighted by Crippen LogP contribution is -2.13. The van der Waals surface area contributed by atoms with Crippen LogP contribution in [0.15, 0.2) is 65.6 Å². The van der Waals surface area contributed by atoms with E-state index < -0.39 is 10.0 Å². The fourth-order valence-electron chi connectivity index (χ4n) is 2.60. The van der Waals surface area contributed by atoms with Crippen LogP contribution < -0.4 is 4.72 Å². The first-order chi connectivity index (χ1) is 12.9. The minimum Gasteiger partial charge on any atom is -0.280 e. The molecule has 0 aliphatic carbocycles. The highest BCUT2D eigenvalue weighted by atomic mass is 35.5. The minimum atomic E-state index is -3.75. The zero-order chi connectivity index (χ0) is 19.0. The Morgan fingerprint density at radius 2 is 1.78 bits per heavy atom. The lowest BCUT2D eigenvalue weighted by molar-refractivity contribution is 0.601. The van der Waals surface area contributed by atoms with Crippen molar-refractivity contribution in [2.45, 2.75) is 11.8 Å². The van der Waals surface area contributed by atoms with Gasteiger partial charge in [0.15, 0.2) is 11.5 Å². The second kappa shape index (κ2) is 6.64. The monoisotopic (exact) mass is 399 g/mol. The quantitative estimate of drug-likeness (QED) is 0.566. The van der Waals surface area contributed by atoms with Crippen molar-refractivity contribution in [3.63, 3.8) is 0 Å². The van der Waals surface area contributed by atoms with Gasteiger partial charge in [-0.25, -0.2) is 8.42 Å². The fourth-order valence-corrected chi connectivity index (χ4v) is 3.83. The van der Waals surface area contributed by atoms with Gasteiger partial charge < -0.3 is 0 Å². The number of fused-ring (bicyclic) bond motifs is 1. The number of aryl methyl sites for hydroxylation is 1. The lowest BCUT2D eigenvalue weighted by atomic mass is 10.1. The molecule has 2 aromatic heterocycles. The number of aromatic nitrogens is 4. The third kappa shape index (κ3) is 3.49. The number of hydrogen-bond acceptors (Lipinski definition) is 5. The van der Waals surface area contributed by atoms with Gasteiger partial charge in [0.05, 0.1) is 10.6 Å². The van der Waals surface area contributed by atoms with E-state index in [0.717, 1.165) is 0 Å². The molecule has 0 fully saturated rings. The van der Waals surface area contributed by atoms with Gasteiger partial charge in [0.2, 0.25) is 0 Å². The van der Waals surface area contributed by atoms with Crippen molar-refractivity contribution in [1.82, 2.24) is 19.8 Å². The molecule has 4 rings (SSSR count). The summed E-state index contributed by atoms with van der Waals surface area (Å²) in [5.74, 6) is 0.653. The summed E-state index contributed by atoms with van der Waals surface area (Å²) in [4.78, 5) is 0.136. The van der Waals surface area contributed by atoms with Crippen LogP contribution in [0.5, 0.6) is 0 Å². The number of halogens is 1. The Labute approximate surface area is 160 Å². The van der Waals surface area contributed by atoms with E-state index in [2.05, 4.69) is 20.0 Å². The normalized spacial score (nSPS) is 11.6. The van der Waals surface area contributed by atoms with Crippen LogP contribution in [0, 0.1) is 6.92 Å². The summed E-state index contributed by atoms with van der Waals surface area (Å²) >= 11 is 5.84. The van der Waals surface area contributed by atoms with Gasteiger partial charge in [-0.2, -0.15) is 9.61 Å². The van der Waals surface area contributed by atoms with Crippen molar-refractivity contribution in [3.8, 4) is 11.3 Å². The standard InChI is InChI=1S/C18H14ClN5O2S/c1-12-20-21-18-10-9-17(22-24(12)18)13-3-2-4-16(11-13)27(25,26)23-15-7-5-14(19)6-8-15/h2-11,23H,1H3. The van der Waals surface area contributed by atoms with Crippen LogP contribution in [0.3, 0.4) is 0 Å². The molecule has 0 spiro atoms. The van der Waals surface area contributed by atoms with E-state index in [1.54, 1.807) is 66.0 Å². The molecule has 0 atom stereocenters. The van der Waals surface area contributed by atoms with Crippen molar-refractivity contribution in [2.75, 3.05) is 4.72 Å². The van der Waals surface area contributed by atoms with Crippen LogP contribution in [-0.4, -0.2) is 28.2 Å². The Morgan fingerprint density at radius 1 is 1.00 bits per heavy atom. The molecule has 0 bridgehead atoms. The molecule has 2 heterocycles. The van der Waals surface area contributed by atoms with Gasteiger partial charge in [-0.3, -0.25) is 4.72 Å². The van der Waals surface area contributed by atoms with Crippen molar-refractivity contribution in [2.24, 2.45) is 0 Å². The maximum Gasteiger partial charge on any atom is 0.261 e. The average molecular weight is 400 g/mol. The molecule has 27 heavy (non-hydrogen) atoms. The Bertz CT molecular complexity index is 1240. The fraction of sp³-hybridized carbons (Fsp3) is 0.0556. The van der Waals surface area contributed by atoms with Crippen molar-refractivity contribution >= 4 is 33.0 Å². The number of rotatable bonds is 4. The summed E-state index contributed by atoms with van der Waals surface area (Å²) in [5, 5.41) is 13.0. The number of benzene rings is 2. The number of nitrogens with one attached hydrogen (secondary N) is 1. The summed E-state index contributed by atoms with van der Waals surface area (Å²) in [6, 6.07) is 16.6. The Balaban J connectivity index is 1.70. The molecule has 0 unspecified atom stereocenters. The van der Waals surface area contributed by atoms with Crippen LogP contribution >= 0.6 is 11.6 Å². The van der Waals surface area contributed by atoms with Gasteiger partial charge >= 0.3 is 0 Å². The van der Waals surface area contributed by atoms with Crippen LogP contribution in [0.25, 0.3) is 16.9 Å². The molecule has 0 radical (unpaired) electrons. The molecule has 7 nitrogen and oxygen atoms in total. The topological polar surface area (TPSA) is 89.2 Å². The zero-order valence-electron chi connectivity index (χ0n) is 14.2. The second-order valence-corrected chi connectivity index (χ2v) is 7.99. The van der Waals surface area contributed by atoms with Gasteiger partial charge in [0.1, 0.15) is 0 Å². The van der Waals surface area contributed by atoms with Gasteiger partial charge in [-0.15, -0.1) is 10.2 Å². The summed E-state index contributed by atoms with van der Waals surface area (Å²) in [6.45, 7) is 1.80. The maximum atomic E-state index is 12.7. The molecule has 1 N–H and O–H groups in total. The predicted molar refractivity (Wildman–Crippen MR) is 103 cm³/mol. The van der Waals surface area contributed by atoms with Crippen LogP contribution in [0.4, 0.5) is 5.69 Å². The number of nitrogens with zero attached hydrogens (tertiary/aromatic N) is 4. The molecule has 0 aliphatic rings. The number of anilines is 1.